The van der Waals surface area contributed by atoms with Crippen LogP contribution in [0.2, 0.25) is 0 Å². The Kier molecular flexibility index (Phi) is 6.49. The monoisotopic (exact) mass is 357 g/mol. The smallest absolute Gasteiger partial charge is 0.323 e. The topological polar surface area (TPSA) is 52.3 Å². The number of hydrogen-bond donors (Lipinski definition) is 1. The maximum Gasteiger partial charge on any atom is 0.323 e. The van der Waals surface area contributed by atoms with Crippen LogP contribution in [0.3, 0.4) is 0 Å². The van der Waals surface area contributed by atoms with Gasteiger partial charge < -0.3 is 10.5 Å². The zero-order chi connectivity index (χ0) is 18.7. The number of esters is 1. The van der Waals surface area contributed by atoms with Gasteiger partial charge in [-0.15, -0.1) is 0 Å². The van der Waals surface area contributed by atoms with Gasteiger partial charge in [-0.3, -0.25) is 4.79 Å². The van der Waals surface area contributed by atoms with Crippen molar-refractivity contribution in [3.63, 3.8) is 0 Å². The summed E-state index contributed by atoms with van der Waals surface area (Å²) in [5.74, 6) is -2.88. The molecule has 0 saturated heterocycles. The highest BCUT2D eigenvalue weighted by Crippen LogP contribution is 2.35. The first kappa shape index (κ1) is 19.8. The molecule has 0 radical (unpaired) electrons. The lowest BCUT2D eigenvalue weighted by molar-refractivity contribution is -0.157. The summed E-state index contributed by atoms with van der Waals surface area (Å²) < 4.78 is 45.6. The van der Waals surface area contributed by atoms with Gasteiger partial charge >= 0.3 is 5.97 Å². The van der Waals surface area contributed by atoms with E-state index in [1.807, 2.05) is 0 Å². The summed E-state index contributed by atoms with van der Waals surface area (Å²) in [5.41, 5.74) is 5.68. The minimum absolute atomic E-state index is 0.138. The lowest BCUT2D eigenvalue weighted by Gasteiger charge is -2.37. The third-order valence-electron chi connectivity index (χ3n) is 5.06. The van der Waals surface area contributed by atoms with Crippen molar-refractivity contribution >= 4 is 5.97 Å². The van der Waals surface area contributed by atoms with Gasteiger partial charge in [-0.1, -0.05) is 27.2 Å². The molecule has 0 aromatic heterocycles. The van der Waals surface area contributed by atoms with Crippen LogP contribution in [0.15, 0.2) is 12.1 Å². The molecule has 1 saturated carbocycles. The van der Waals surface area contributed by atoms with Crippen LogP contribution in [-0.4, -0.2) is 18.1 Å². The quantitative estimate of drug-likeness (QED) is 0.641. The Hall–Kier alpha value is -1.56. The van der Waals surface area contributed by atoms with Crippen molar-refractivity contribution < 1.29 is 22.7 Å². The molecule has 1 aliphatic rings. The Morgan fingerprint density at radius 3 is 2.48 bits per heavy atom. The summed E-state index contributed by atoms with van der Waals surface area (Å²) in [4.78, 5) is 12.3. The van der Waals surface area contributed by atoms with Gasteiger partial charge in [0, 0.05) is 12.5 Å². The molecular formula is C19H26F3NO2. The van der Waals surface area contributed by atoms with Crippen LogP contribution in [0, 0.1) is 35.2 Å². The first-order valence-corrected chi connectivity index (χ1v) is 8.78. The second kappa shape index (κ2) is 8.21. The maximum atomic E-state index is 13.7. The molecule has 0 spiro atoms. The van der Waals surface area contributed by atoms with Crippen molar-refractivity contribution in [2.45, 2.75) is 58.6 Å². The van der Waals surface area contributed by atoms with E-state index in [9.17, 15) is 18.0 Å². The SMILES string of the molecule is CC1CCC(C(C)C)C(OC(=O)[C@@H](N)Cc2cc(F)c(F)cc2F)C1. The number of ether oxygens (including phenoxy) is 1. The van der Waals surface area contributed by atoms with Crippen molar-refractivity contribution in [2.75, 3.05) is 0 Å². The molecular weight excluding hydrogens is 331 g/mol. The molecule has 140 valence electrons. The molecule has 3 unspecified atom stereocenters. The molecule has 25 heavy (non-hydrogen) atoms. The summed E-state index contributed by atoms with van der Waals surface area (Å²) in [6.07, 6.45) is 2.42. The van der Waals surface area contributed by atoms with Gasteiger partial charge in [0.2, 0.25) is 0 Å². The molecule has 1 aromatic carbocycles. The molecule has 3 nitrogen and oxygen atoms in total. The van der Waals surface area contributed by atoms with Crippen LogP contribution >= 0.6 is 0 Å². The van der Waals surface area contributed by atoms with Crippen molar-refractivity contribution in [1.82, 2.24) is 0 Å². The number of hydrogen-bond acceptors (Lipinski definition) is 3. The van der Waals surface area contributed by atoms with Crippen LogP contribution in [0.4, 0.5) is 13.2 Å². The summed E-state index contributed by atoms with van der Waals surface area (Å²) in [6, 6.07) is 0.0713. The molecule has 1 aromatic rings. The molecule has 1 fully saturated rings. The number of benzene rings is 1. The number of carbonyl (C=O) groups excluding carboxylic acids is 1. The van der Waals surface area contributed by atoms with E-state index in [0.29, 0.717) is 17.9 Å². The van der Waals surface area contributed by atoms with E-state index in [2.05, 4.69) is 20.8 Å². The molecule has 4 atom stereocenters. The Morgan fingerprint density at radius 1 is 1.20 bits per heavy atom. The maximum absolute atomic E-state index is 13.7. The van der Waals surface area contributed by atoms with Gasteiger partial charge in [0.25, 0.3) is 0 Å². The molecule has 0 aliphatic heterocycles. The van der Waals surface area contributed by atoms with Crippen LogP contribution in [0.5, 0.6) is 0 Å². The summed E-state index contributed by atoms with van der Waals surface area (Å²) in [6.45, 7) is 6.31. The summed E-state index contributed by atoms with van der Waals surface area (Å²) in [5, 5.41) is 0. The zero-order valence-corrected chi connectivity index (χ0v) is 14.9. The third-order valence-corrected chi connectivity index (χ3v) is 5.06. The van der Waals surface area contributed by atoms with Gasteiger partial charge in [-0.2, -0.15) is 0 Å². The Morgan fingerprint density at radius 2 is 1.84 bits per heavy atom. The van der Waals surface area contributed by atoms with Gasteiger partial charge in [-0.25, -0.2) is 13.2 Å². The van der Waals surface area contributed by atoms with Crippen molar-refractivity contribution in [2.24, 2.45) is 23.5 Å². The molecule has 6 heteroatoms. The lowest BCUT2D eigenvalue weighted by atomic mass is 9.75. The van der Waals surface area contributed by atoms with Crippen molar-refractivity contribution in [3.8, 4) is 0 Å². The Bertz CT molecular complexity index is 621. The molecule has 1 aliphatic carbocycles. The molecule has 0 bridgehead atoms. The molecule has 2 N–H and O–H groups in total. The van der Waals surface area contributed by atoms with Crippen LogP contribution in [-0.2, 0) is 16.0 Å². The fourth-order valence-electron chi connectivity index (χ4n) is 3.53. The number of halogens is 3. The van der Waals surface area contributed by atoms with Crippen LogP contribution < -0.4 is 5.73 Å². The highest BCUT2D eigenvalue weighted by atomic mass is 19.2. The lowest BCUT2D eigenvalue weighted by Crippen LogP contribution is -2.42. The minimum atomic E-state index is -1.27. The first-order valence-electron chi connectivity index (χ1n) is 8.78. The fraction of sp³-hybridized carbons (Fsp3) is 0.632. The predicted molar refractivity (Wildman–Crippen MR) is 89.2 cm³/mol. The van der Waals surface area contributed by atoms with E-state index in [1.54, 1.807) is 0 Å². The van der Waals surface area contributed by atoms with Crippen molar-refractivity contribution in [1.29, 1.82) is 0 Å². The average molecular weight is 357 g/mol. The van der Waals surface area contributed by atoms with Crippen LogP contribution in [0.1, 0.15) is 45.6 Å². The minimum Gasteiger partial charge on any atom is -0.461 e. The second-order valence-electron chi connectivity index (χ2n) is 7.47. The number of nitrogens with two attached hydrogens (primary N) is 1. The van der Waals surface area contributed by atoms with Gasteiger partial charge in [0.15, 0.2) is 11.6 Å². The summed E-state index contributed by atoms with van der Waals surface area (Å²) in [7, 11) is 0. The molecule has 0 amide bonds. The van der Waals surface area contributed by atoms with E-state index < -0.39 is 29.5 Å². The summed E-state index contributed by atoms with van der Waals surface area (Å²) >= 11 is 0. The van der Waals surface area contributed by atoms with E-state index >= 15 is 0 Å². The van der Waals surface area contributed by atoms with E-state index in [-0.39, 0.29) is 24.0 Å². The molecule has 2 rings (SSSR count). The van der Waals surface area contributed by atoms with E-state index in [1.165, 1.54) is 0 Å². The largest absolute Gasteiger partial charge is 0.461 e. The van der Waals surface area contributed by atoms with Gasteiger partial charge in [-0.05, 0) is 42.2 Å². The first-order chi connectivity index (χ1) is 11.7. The predicted octanol–water partition coefficient (Wildman–Crippen LogP) is 3.98. The Labute approximate surface area is 146 Å². The fourth-order valence-corrected chi connectivity index (χ4v) is 3.53. The Balaban J connectivity index is 2.03. The van der Waals surface area contributed by atoms with E-state index in [0.717, 1.165) is 25.3 Å². The zero-order valence-electron chi connectivity index (χ0n) is 14.9. The van der Waals surface area contributed by atoms with Crippen LogP contribution in [0.25, 0.3) is 0 Å². The standard InChI is InChI=1S/C19H26F3NO2/c1-10(2)13-5-4-11(3)6-18(13)25-19(24)17(23)8-12-7-15(21)16(22)9-14(12)20/h7,9-11,13,17-18H,4-6,8,23H2,1-3H3/t11?,13?,17-,18?/m0/s1. The number of rotatable bonds is 5. The average Bonchev–Trinajstić information content (AvgIpc) is 2.52. The number of carbonyl (C=O) groups is 1. The van der Waals surface area contributed by atoms with E-state index in [4.69, 9.17) is 10.5 Å². The highest BCUT2D eigenvalue weighted by Gasteiger charge is 2.34. The van der Waals surface area contributed by atoms with Crippen molar-refractivity contribution in [3.05, 3.63) is 35.1 Å². The van der Waals surface area contributed by atoms with Gasteiger partial charge in [0.1, 0.15) is 18.0 Å². The van der Waals surface area contributed by atoms with Gasteiger partial charge in [0.05, 0.1) is 0 Å². The highest BCUT2D eigenvalue weighted by molar-refractivity contribution is 5.76. The second-order valence-corrected chi connectivity index (χ2v) is 7.47. The molecule has 0 heterocycles. The third kappa shape index (κ3) is 4.97. The normalized spacial score (nSPS) is 25.0.